The van der Waals surface area contributed by atoms with Crippen molar-refractivity contribution < 1.29 is 4.79 Å². The summed E-state index contributed by atoms with van der Waals surface area (Å²) in [6.07, 6.45) is 0. The molecule has 0 radical (unpaired) electrons. The molecule has 0 spiro atoms. The van der Waals surface area contributed by atoms with Crippen LogP contribution in [0.15, 0.2) is 58.1 Å². The van der Waals surface area contributed by atoms with Crippen molar-refractivity contribution in [2.45, 2.75) is 20.4 Å². The topological polar surface area (TPSA) is 59.3 Å². The van der Waals surface area contributed by atoms with Gasteiger partial charge in [0, 0.05) is 4.47 Å². The molecule has 0 aliphatic carbocycles. The number of hydrazone groups is 1. The predicted octanol–water partition coefficient (Wildman–Crippen LogP) is 3.65. The minimum Gasteiger partial charge on any atom is -0.319 e. The molecule has 0 unspecified atom stereocenters. The number of amides is 1. The standard InChI is InChI=1S/C18H17BrN4O/c1-12(14-7-9-15(19)10-8-14)21-22-18(24)11-23-13(2)20-16-5-3-4-6-17(16)23/h3-10H,11H2,1-2H3,(H,22,24)/b21-12+. The van der Waals surface area contributed by atoms with E-state index in [2.05, 4.69) is 31.4 Å². The van der Waals surface area contributed by atoms with Crippen LogP contribution in [0.5, 0.6) is 0 Å². The Kier molecular flexibility index (Phi) is 4.76. The Bertz CT molecular complexity index is 912. The van der Waals surface area contributed by atoms with Crippen LogP contribution in [0.4, 0.5) is 0 Å². The van der Waals surface area contributed by atoms with Crippen LogP contribution in [0.3, 0.4) is 0 Å². The average Bonchev–Trinajstić information content (AvgIpc) is 2.89. The third-order valence-corrected chi connectivity index (χ3v) is 4.29. The van der Waals surface area contributed by atoms with Crippen LogP contribution in [0.2, 0.25) is 0 Å². The summed E-state index contributed by atoms with van der Waals surface area (Å²) in [5.74, 6) is 0.623. The summed E-state index contributed by atoms with van der Waals surface area (Å²) < 4.78 is 2.89. The van der Waals surface area contributed by atoms with Crippen LogP contribution in [-0.2, 0) is 11.3 Å². The SMILES string of the molecule is C/C(=N\NC(=O)Cn1c(C)nc2ccccc21)c1ccc(Br)cc1. The molecule has 0 atom stereocenters. The van der Waals surface area contributed by atoms with Crippen LogP contribution < -0.4 is 5.43 Å². The van der Waals surface area contributed by atoms with Gasteiger partial charge in [-0.15, -0.1) is 0 Å². The van der Waals surface area contributed by atoms with Crippen molar-refractivity contribution in [3.05, 3.63) is 64.4 Å². The van der Waals surface area contributed by atoms with Crippen LogP contribution in [-0.4, -0.2) is 21.2 Å². The van der Waals surface area contributed by atoms with Gasteiger partial charge in [0.2, 0.25) is 0 Å². The van der Waals surface area contributed by atoms with E-state index >= 15 is 0 Å². The van der Waals surface area contributed by atoms with Gasteiger partial charge < -0.3 is 4.57 Å². The third-order valence-electron chi connectivity index (χ3n) is 3.76. The van der Waals surface area contributed by atoms with Crippen LogP contribution in [0, 0.1) is 6.92 Å². The van der Waals surface area contributed by atoms with E-state index in [1.165, 1.54) is 0 Å². The third kappa shape index (κ3) is 3.54. The molecule has 3 aromatic rings. The summed E-state index contributed by atoms with van der Waals surface area (Å²) in [6.45, 7) is 3.94. The second-order valence-corrected chi connectivity index (χ2v) is 6.39. The Morgan fingerprint density at radius 3 is 2.67 bits per heavy atom. The fourth-order valence-corrected chi connectivity index (χ4v) is 2.74. The molecule has 1 aromatic heterocycles. The molecule has 1 amide bonds. The Labute approximate surface area is 148 Å². The smallest absolute Gasteiger partial charge is 0.260 e. The van der Waals surface area contributed by atoms with Crippen molar-refractivity contribution in [1.29, 1.82) is 0 Å². The first-order chi connectivity index (χ1) is 11.5. The maximum atomic E-state index is 12.2. The molecular weight excluding hydrogens is 368 g/mol. The zero-order valence-corrected chi connectivity index (χ0v) is 15.0. The first kappa shape index (κ1) is 16.4. The highest BCUT2D eigenvalue weighted by Gasteiger charge is 2.10. The molecule has 122 valence electrons. The fourth-order valence-electron chi connectivity index (χ4n) is 2.48. The van der Waals surface area contributed by atoms with Gasteiger partial charge in [0.05, 0.1) is 16.7 Å². The van der Waals surface area contributed by atoms with E-state index in [1.807, 2.05) is 66.9 Å². The molecule has 2 aromatic carbocycles. The predicted molar refractivity (Wildman–Crippen MR) is 99.0 cm³/mol. The van der Waals surface area contributed by atoms with Gasteiger partial charge in [-0.3, -0.25) is 4.79 Å². The number of rotatable bonds is 4. The number of aromatic nitrogens is 2. The van der Waals surface area contributed by atoms with E-state index in [4.69, 9.17) is 0 Å². The quantitative estimate of drug-likeness (QED) is 0.551. The lowest BCUT2D eigenvalue weighted by atomic mass is 10.1. The van der Waals surface area contributed by atoms with Crippen molar-refractivity contribution in [3.8, 4) is 0 Å². The van der Waals surface area contributed by atoms with E-state index in [0.29, 0.717) is 0 Å². The highest BCUT2D eigenvalue weighted by Crippen LogP contribution is 2.15. The van der Waals surface area contributed by atoms with Gasteiger partial charge in [0.1, 0.15) is 12.4 Å². The Balaban J connectivity index is 1.72. The molecule has 0 saturated carbocycles. The van der Waals surface area contributed by atoms with Gasteiger partial charge >= 0.3 is 0 Å². The van der Waals surface area contributed by atoms with E-state index < -0.39 is 0 Å². The molecule has 3 rings (SSSR count). The molecule has 5 nitrogen and oxygen atoms in total. The molecule has 0 aliphatic heterocycles. The lowest BCUT2D eigenvalue weighted by Crippen LogP contribution is -2.24. The number of nitrogens with zero attached hydrogens (tertiary/aromatic N) is 3. The van der Waals surface area contributed by atoms with Gasteiger partial charge in [-0.1, -0.05) is 40.2 Å². The van der Waals surface area contributed by atoms with Gasteiger partial charge in [-0.05, 0) is 43.7 Å². The Hall–Kier alpha value is -2.47. The molecule has 1 N–H and O–H groups in total. The Morgan fingerprint density at radius 2 is 1.92 bits per heavy atom. The largest absolute Gasteiger partial charge is 0.319 e. The fraction of sp³-hybridized carbons (Fsp3) is 0.167. The summed E-state index contributed by atoms with van der Waals surface area (Å²) in [5, 5.41) is 4.18. The minimum atomic E-state index is -0.183. The first-order valence-electron chi connectivity index (χ1n) is 7.55. The second-order valence-electron chi connectivity index (χ2n) is 5.47. The molecule has 0 bridgehead atoms. The highest BCUT2D eigenvalue weighted by molar-refractivity contribution is 9.10. The molecule has 1 heterocycles. The van der Waals surface area contributed by atoms with E-state index in [-0.39, 0.29) is 12.5 Å². The van der Waals surface area contributed by atoms with E-state index in [1.54, 1.807) is 0 Å². The molecule has 6 heteroatoms. The molecular formula is C18H17BrN4O. The molecule has 24 heavy (non-hydrogen) atoms. The number of hydrogen-bond acceptors (Lipinski definition) is 3. The molecule has 0 saturated heterocycles. The highest BCUT2D eigenvalue weighted by atomic mass is 79.9. The lowest BCUT2D eigenvalue weighted by molar-refractivity contribution is -0.121. The zero-order valence-electron chi connectivity index (χ0n) is 13.5. The van der Waals surface area contributed by atoms with Crippen molar-refractivity contribution in [2.24, 2.45) is 5.10 Å². The summed E-state index contributed by atoms with van der Waals surface area (Å²) in [7, 11) is 0. The van der Waals surface area contributed by atoms with Gasteiger partial charge in [-0.2, -0.15) is 5.10 Å². The number of aryl methyl sites for hydroxylation is 1. The molecule has 0 fully saturated rings. The van der Waals surface area contributed by atoms with E-state index in [9.17, 15) is 4.79 Å². The van der Waals surface area contributed by atoms with Crippen molar-refractivity contribution in [3.63, 3.8) is 0 Å². The van der Waals surface area contributed by atoms with Crippen molar-refractivity contribution in [1.82, 2.24) is 15.0 Å². The second kappa shape index (κ2) is 6.97. The minimum absolute atomic E-state index is 0.183. The normalized spacial score (nSPS) is 11.7. The number of halogens is 1. The number of benzene rings is 2. The van der Waals surface area contributed by atoms with Gasteiger partial charge in [0.25, 0.3) is 5.91 Å². The number of para-hydroxylation sites is 2. The number of carbonyl (C=O) groups is 1. The average molecular weight is 385 g/mol. The van der Waals surface area contributed by atoms with Crippen LogP contribution in [0.25, 0.3) is 11.0 Å². The zero-order chi connectivity index (χ0) is 17.1. The van der Waals surface area contributed by atoms with Gasteiger partial charge in [0.15, 0.2) is 0 Å². The van der Waals surface area contributed by atoms with Crippen molar-refractivity contribution in [2.75, 3.05) is 0 Å². The number of fused-ring (bicyclic) bond motifs is 1. The summed E-state index contributed by atoms with van der Waals surface area (Å²) in [6, 6.07) is 15.5. The van der Waals surface area contributed by atoms with Crippen LogP contribution in [0.1, 0.15) is 18.3 Å². The number of nitrogens with one attached hydrogen (secondary N) is 1. The molecule has 0 aliphatic rings. The summed E-state index contributed by atoms with van der Waals surface area (Å²) in [5.41, 5.74) is 6.16. The Morgan fingerprint density at radius 1 is 1.21 bits per heavy atom. The number of hydrogen-bond donors (Lipinski definition) is 1. The summed E-state index contributed by atoms with van der Waals surface area (Å²) >= 11 is 3.40. The number of imidazole rings is 1. The number of carbonyl (C=O) groups excluding carboxylic acids is 1. The van der Waals surface area contributed by atoms with Gasteiger partial charge in [-0.25, -0.2) is 10.4 Å². The van der Waals surface area contributed by atoms with E-state index in [0.717, 1.165) is 32.6 Å². The monoisotopic (exact) mass is 384 g/mol. The first-order valence-corrected chi connectivity index (χ1v) is 8.35. The lowest BCUT2D eigenvalue weighted by Gasteiger charge is -2.06. The van der Waals surface area contributed by atoms with Crippen LogP contribution >= 0.6 is 15.9 Å². The van der Waals surface area contributed by atoms with Crippen molar-refractivity contribution >= 4 is 38.6 Å². The maximum Gasteiger partial charge on any atom is 0.260 e. The summed E-state index contributed by atoms with van der Waals surface area (Å²) in [4.78, 5) is 16.7. The maximum absolute atomic E-state index is 12.2.